The highest BCUT2D eigenvalue weighted by Gasteiger charge is 2.21. The lowest BCUT2D eigenvalue weighted by Gasteiger charge is -2.09. The van der Waals surface area contributed by atoms with E-state index in [0.29, 0.717) is 18.1 Å². The van der Waals surface area contributed by atoms with Gasteiger partial charge in [0.05, 0.1) is 13.7 Å². The maximum atomic E-state index is 11.6. The summed E-state index contributed by atoms with van der Waals surface area (Å²) >= 11 is 1.17. The first-order valence-corrected chi connectivity index (χ1v) is 8.60. The molecule has 0 saturated carbocycles. The molecule has 2 aromatic carbocycles. The van der Waals surface area contributed by atoms with Crippen molar-refractivity contribution in [3.63, 3.8) is 0 Å². The number of carboxylic acid groups (broad SMARTS) is 1. The van der Waals surface area contributed by atoms with Gasteiger partial charge in [-0.25, -0.2) is 4.79 Å². The summed E-state index contributed by atoms with van der Waals surface area (Å²) < 4.78 is 17.5. The Morgan fingerprint density at radius 3 is 2.44 bits per heavy atom. The van der Waals surface area contributed by atoms with E-state index in [1.807, 2.05) is 26.0 Å². The zero-order chi connectivity index (χ0) is 18.0. The number of aromatic carboxylic acids is 1. The van der Waals surface area contributed by atoms with Crippen molar-refractivity contribution in [3.05, 3.63) is 46.8 Å². The van der Waals surface area contributed by atoms with Gasteiger partial charge in [0.1, 0.15) is 17.2 Å². The van der Waals surface area contributed by atoms with E-state index in [2.05, 4.69) is 0 Å². The molecule has 0 saturated heterocycles. The summed E-state index contributed by atoms with van der Waals surface area (Å²) in [5.74, 6) is 1.35. The number of carbonyl (C=O) groups is 1. The third-order valence-corrected chi connectivity index (χ3v) is 4.83. The normalized spacial score (nSPS) is 10.7. The van der Waals surface area contributed by atoms with Crippen LogP contribution in [0.25, 0.3) is 10.1 Å². The molecule has 0 aliphatic rings. The van der Waals surface area contributed by atoms with E-state index >= 15 is 0 Å². The Bertz CT molecular complexity index is 912. The van der Waals surface area contributed by atoms with Crippen molar-refractivity contribution in [2.24, 2.45) is 0 Å². The average Bonchev–Trinajstić information content (AvgIpc) is 2.94. The van der Waals surface area contributed by atoms with E-state index in [1.165, 1.54) is 11.3 Å². The van der Waals surface area contributed by atoms with E-state index < -0.39 is 5.97 Å². The predicted octanol–water partition coefficient (Wildman–Crippen LogP) is 5.11. The average molecular weight is 358 g/mol. The smallest absolute Gasteiger partial charge is 0.349 e. The molecule has 3 rings (SSSR count). The minimum atomic E-state index is -1.02. The molecule has 0 spiro atoms. The van der Waals surface area contributed by atoms with E-state index in [0.717, 1.165) is 27.1 Å². The third-order valence-electron chi connectivity index (χ3n) is 3.71. The lowest BCUT2D eigenvalue weighted by molar-refractivity contribution is 0.0700. The highest BCUT2D eigenvalue weighted by Crippen LogP contribution is 2.43. The van der Waals surface area contributed by atoms with Crippen molar-refractivity contribution >= 4 is 27.4 Å². The lowest BCUT2D eigenvalue weighted by atomic mass is 10.1. The first kappa shape index (κ1) is 17.1. The number of aryl methyl sites for hydroxylation is 1. The molecule has 0 bridgehead atoms. The van der Waals surface area contributed by atoms with Gasteiger partial charge in [0.15, 0.2) is 10.6 Å². The number of rotatable bonds is 6. The predicted molar refractivity (Wildman–Crippen MR) is 97.8 cm³/mol. The Balaban J connectivity index is 2.05. The molecule has 5 nitrogen and oxygen atoms in total. The Labute approximate surface area is 149 Å². The van der Waals surface area contributed by atoms with Gasteiger partial charge in [0, 0.05) is 10.1 Å². The fourth-order valence-electron chi connectivity index (χ4n) is 2.56. The summed E-state index contributed by atoms with van der Waals surface area (Å²) in [6, 6.07) is 10.8. The molecule has 130 valence electrons. The summed E-state index contributed by atoms with van der Waals surface area (Å²) in [6.07, 6.45) is 0. The van der Waals surface area contributed by atoms with E-state index in [9.17, 15) is 9.90 Å². The Hall–Kier alpha value is -2.73. The molecule has 0 radical (unpaired) electrons. The number of ether oxygens (including phenoxy) is 3. The minimum absolute atomic E-state index is 0.163. The first-order valence-electron chi connectivity index (χ1n) is 7.78. The third kappa shape index (κ3) is 3.39. The van der Waals surface area contributed by atoms with E-state index in [1.54, 1.807) is 31.4 Å². The summed E-state index contributed by atoms with van der Waals surface area (Å²) in [4.78, 5) is 11.8. The SMILES string of the molecule is CCOc1ccc(Oc2c(C(=O)O)sc3cc(OC)c(C)cc23)cc1. The number of carboxylic acids is 1. The van der Waals surface area contributed by atoms with Gasteiger partial charge in [0.25, 0.3) is 0 Å². The number of hydrogen-bond acceptors (Lipinski definition) is 5. The lowest BCUT2D eigenvalue weighted by Crippen LogP contribution is -1.96. The molecule has 0 unspecified atom stereocenters. The standard InChI is InChI=1S/C19H18O5S/c1-4-23-12-5-7-13(8-6-12)24-17-14-9-11(2)15(22-3)10-16(14)25-18(17)19(20)21/h5-10H,4H2,1-3H3,(H,20,21). The van der Waals surface area contributed by atoms with Crippen molar-refractivity contribution in [1.82, 2.24) is 0 Å². The number of benzene rings is 2. The van der Waals surface area contributed by atoms with Gasteiger partial charge < -0.3 is 19.3 Å². The second-order valence-corrected chi connectivity index (χ2v) is 6.44. The molecule has 0 atom stereocenters. The summed E-state index contributed by atoms with van der Waals surface area (Å²) in [5, 5.41) is 10.3. The molecule has 0 aliphatic heterocycles. The van der Waals surface area contributed by atoms with Gasteiger partial charge >= 0.3 is 5.97 Å². The topological polar surface area (TPSA) is 65.0 Å². The molecule has 1 aromatic heterocycles. The highest BCUT2D eigenvalue weighted by molar-refractivity contribution is 7.21. The monoisotopic (exact) mass is 358 g/mol. The van der Waals surface area contributed by atoms with Crippen molar-refractivity contribution < 1.29 is 24.1 Å². The van der Waals surface area contributed by atoms with Crippen LogP contribution in [0.4, 0.5) is 0 Å². The number of thiophene rings is 1. The van der Waals surface area contributed by atoms with Gasteiger partial charge in [-0.3, -0.25) is 0 Å². The van der Waals surface area contributed by atoms with Gasteiger partial charge in [-0.2, -0.15) is 0 Å². The van der Waals surface area contributed by atoms with Gasteiger partial charge in [-0.1, -0.05) is 0 Å². The largest absolute Gasteiger partial charge is 0.496 e. The first-order chi connectivity index (χ1) is 12.0. The molecule has 25 heavy (non-hydrogen) atoms. The zero-order valence-corrected chi connectivity index (χ0v) is 15.0. The van der Waals surface area contributed by atoms with E-state index in [4.69, 9.17) is 14.2 Å². The minimum Gasteiger partial charge on any atom is -0.496 e. The molecule has 3 aromatic rings. The van der Waals surface area contributed by atoms with Crippen LogP contribution in [0.3, 0.4) is 0 Å². The Morgan fingerprint density at radius 1 is 1.16 bits per heavy atom. The van der Waals surface area contributed by atoms with Crippen molar-refractivity contribution in [3.8, 4) is 23.0 Å². The fraction of sp³-hybridized carbons (Fsp3) is 0.211. The molecule has 0 amide bonds. The summed E-state index contributed by atoms with van der Waals surface area (Å²) in [5.41, 5.74) is 0.918. The molecular weight excluding hydrogens is 340 g/mol. The molecule has 0 fully saturated rings. The molecule has 1 heterocycles. The van der Waals surface area contributed by atoms with Crippen LogP contribution in [-0.2, 0) is 0 Å². The maximum Gasteiger partial charge on any atom is 0.349 e. The van der Waals surface area contributed by atoms with Crippen molar-refractivity contribution in [1.29, 1.82) is 0 Å². The zero-order valence-electron chi connectivity index (χ0n) is 14.2. The van der Waals surface area contributed by atoms with Gasteiger partial charge in [-0.05, 0) is 55.8 Å². The highest BCUT2D eigenvalue weighted by atomic mass is 32.1. The van der Waals surface area contributed by atoms with Crippen LogP contribution >= 0.6 is 11.3 Å². The molecule has 6 heteroatoms. The van der Waals surface area contributed by atoms with Crippen LogP contribution in [0.1, 0.15) is 22.2 Å². The van der Waals surface area contributed by atoms with Crippen LogP contribution in [-0.4, -0.2) is 24.8 Å². The number of fused-ring (bicyclic) bond motifs is 1. The summed E-state index contributed by atoms with van der Waals surface area (Å²) in [6.45, 7) is 4.41. The fourth-order valence-corrected chi connectivity index (χ4v) is 3.54. The summed E-state index contributed by atoms with van der Waals surface area (Å²) in [7, 11) is 1.59. The van der Waals surface area contributed by atoms with Crippen LogP contribution in [0.2, 0.25) is 0 Å². The molecule has 0 aliphatic carbocycles. The second-order valence-electron chi connectivity index (χ2n) is 5.39. The van der Waals surface area contributed by atoms with Crippen molar-refractivity contribution in [2.75, 3.05) is 13.7 Å². The van der Waals surface area contributed by atoms with Crippen LogP contribution in [0, 0.1) is 6.92 Å². The molecule has 1 N–H and O–H groups in total. The molecular formula is C19H18O5S. The van der Waals surface area contributed by atoms with Gasteiger partial charge in [0.2, 0.25) is 0 Å². The number of hydrogen-bond donors (Lipinski definition) is 1. The maximum absolute atomic E-state index is 11.6. The quantitative estimate of drug-likeness (QED) is 0.663. The Kier molecular flexibility index (Phi) is 4.81. The van der Waals surface area contributed by atoms with Crippen LogP contribution in [0.5, 0.6) is 23.0 Å². The van der Waals surface area contributed by atoms with Crippen LogP contribution in [0.15, 0.2) is 36.4 Å². The Morgan fingerprint density at radius 2 is 1.84 bits per heavy atom. The second kappa shape index (κ2) is 7.03. The van der Waals surface area contributed by atoms with Crippen LogP contribution < -0.4 is 14.2 Å². The van der Waals surface area contributed by atoms with E-state index in [-0.39, 0.29) is 4.88 Å². The number of methoxy groups -OCH3 is 1. The van der Waals surface area contributed by atoms with Gasteiger partial charge in [-0.15, -0.1) is 11.3 Å². The van der Waals surface area contributed by atoms with Crippen molar-refractivity contribution in [2.45, 2.75) is 13.8 Å².